The lowest BCUT2D eigenvalue weighted by molar-refractivity contribution is 0.321. The van der Waals surface area contributed by atoms with Gasteiger partial charge in [-0.05, 0) is 66.3 Å². The fourth-order valence-corrected chi connectivity index (χ4v) is 5.42. The molecule has 0 unspecified atom stereocenters. The minimum Gasteiger partial charge on any atom is -0.492 e. The molecule has 2 atom stereocenters. The van der Waals surface area contributed by atoms with Gasteiger partial charge in [-0.25, -0.2) is 22.5 Å². The zero-order valence-electron chi connectivity index (χ0n) is 18.2. The van der Waals surface area contributed by atoms with E-state index in [9.17, 15) is 12.8 Å². The Morgan fingerprint density at radius 1 is 1.30 bits per heavy atom. The third-order valence-corrected chi connectivity index (χ3v) is 7.34. The zero-order chi connectivity index (χ0) is 23.6. The lowest BCUT2D eigenvalue weighted by atomic mass is 9.76. The Morgan fingerprint density at radius 2 is 2.12 bits per heavy atom. The first-order valence-corrected chi connectivity index (χ1v) is 12.5. The van der Waals surface area contributed by atoms with Gasteiger partial charge in [-0.3, -0.25) is 0 Å². The Bertz CT molecular complexity index is 1230. The molecule has 0 bridgehead atoms. The summed E-state index contributed by atoms with van der Waals surface area (Å²) in [6.07, 6.45) is 5.13. The number of imidazole rings is 1. The van der Waals surface area contributed by atoms with Crippen LogP contribution in [-0.4, -0.2) is 37.2 Å². The molecule has 0 amide bonds. The average molecular weight is 493 g/mol. The quantitative estimate of drug-likeness (QED) is 0.470. The molecule has 3 aromatic rings. The monoisotopic (exact) mass is 492 g/mol. The molecule has 4 rings (SSSR count). The molecule has 1 aliphatic rings. The number of ether oxygens (including phenoxy) is 1. The molecule has 0 fully saturated rings. The summed E-state index contributed by atoms with van der Waals surface area (Å²) in [4.78, 5) is 3.86. The molecular weight excluding hydrogens is 467 g/mol. The molecule has 1 aromatic heterocycles. The lowest BCUT2D eigenvalue weighted by Crippen LogP contribution is -2.34. The van der Waals surface area contributed by atoms with Gasteiger partial charge in [0.1, 0.15) is 18.2 Å². The van der Waals surface area contributed by atoms with Gasteiger partial charge in [0.15, 0.2) is 5.03 Å². The molecule has 176 valence electrons. The van der Waals surface area contributed by atoms with Crippen molar-refractivity contribution in [1.82, 2.24) is 14.3 Å². The minimum atomic E-state index is -3.69. The minimum absolute atomic E-state index is 0.00201. The highest BCUT2D eigenvalue weighted by Crippen LogP contribution is 2.36. The largest absolute Gasteiger partial charge is 0.492 e. The SMILES string of the molecule is Cn1cnc(S(=O)(=O)NCCOc2ccc3c(c2)[C@@H](Cc2cc(F)cc(Cl)c2)[C@@H](N)CC3)c1. The number of hydrogen-bond donors (Lipinski definition) is 2. The molecule has 3 N–H and O–H groups in total. The van der Waals surface area contributed by atoms with Gasteiger partial charge in [0.2, 0.25) is 0 Å². The van der Waals surface area contributed by atoms with Crippen LogP contribution in [0.25, 0.3) is 0 Å². The van der Waals surface area contributed by atoms with Crippen LogP contribution in [0.15, 0.2) is 53.9 Å². The fourth-order valence-electron chi connectivity index (χ4n) is 4.18. The summed E-state index contributed by atoms with van der Waals surface area (Å²) in [6.45, 7) is 0.252. The number of sulfonamides is 1. The maximum absolute atomic E-state index is 13.8. The second-order valence-corrected chi connectivity index (χ2v) is 10.4. The van der Waals surface area contributed by atoms with Gasteiger partial charge in [0, 0.05) is 36.8 Å². The number of aromatic nitrogens is 2. The second kappa shape index (κ2) is 9.80. The van der Waals surface area contributed by atoms with Crippen LogP contribution in [0, 0.1) is 5.82 Å². The van der Waals surface area contributed by atoms with Crippen LogP contribution < -0.4 is 15.2 Å². The maximum atomic E-state index is 13.8. The van der Waals surface area contributed by atoms with Crippen molar-refractivity contribution in [2.75, 3.05) is 13.2 Å². The first-order chi connectivity index (χ1) is 15.7. The van der Waals surface area contributed by atoms with Crippen LogP contribution in [0.2, 0.25) is 5.02 Å². The molecule has 10 heteroatoms. The Kier molecular flexibility index (Phi) is 7.04. The van der Waals surface area contributed by atoms with Crippen molar-refractivity contribution in [3.63, 3.8) is 0 Å². The highest BCUT2D eigenvalue weighted by atomic mass is 35.5. The number of nitrogens with one attached hydrogen (secondary N) is 1. The molecule has 1 aliphatic carbocycles. The lowest BCUT2D eigenvalue weighted by Gasteiger charge is -2.32. The highest BCUT2D eigenvalue weighted by Gasteiger charge is 2.28. The normalized spacial score (nSPS) is 18.2. The standard InChI is InChI=1S/C23H26ClFN4O3S/c1-29-13-23(27-14-29)33(30,31)28-6-7-32-19-4-2-16-3-5-22(26)21(20(16)12-19)10-15-8-17(24)11-18(25)9-15/h2,4,8-9,11-14,21-22,28H,3,5-7,10,26H2,1H3/t21-,22+/m1/s1. The van der Waals surface area contributed by atoms with Crippen molar-refractivity contribution < 1.29 is 17.5 Å². The summed E-state index contributed by atoms with van der Waals surface area (Å²) in [5.74, 6) is 0.257. The van der Waals surface area contributed by atoms with E-state index in [1.165, 1.54) is 30.2 Å². The summed E-state index contributed by atoms with van der Waals surface area (Å²) < 4.78 is 48.2. The van der Waals surface area contributed by atoms with Crippen LogP contribution in [0.1, 0.15) is 29.0 Å². The van der Waals surface area contributed by atoms with E-state index in [1.54, 1.807) is 17.7 Å². The summed E-state index contributed by atoms with van der Waals surface area (Å²) in [5.41, 5.74) is 9.49. The molecule has 2 aromatic carbocycles. The van der Waals surface area contributed by atoms with Crippen molar-refractivity contribution in [1.29, 1.82) is 0 Å². The van der Waals surface area contributed by atoms with Crippen molar-refractivity contribution in [2.45, 2.75) is 36.2 Å². The van der Waals surface area contributed by atoms with Crippen molar-refractivity contribution in [3.05, 3.63) is 76.5 Å². The molecule has 33 heavy (non-hydrogen) atoms. The van der Waals surface area contributed by atoms with Crippen LogP contribution in [0.5, 0.6) is 5.75 Å². The number of nitrogens with zero attached hydrogens (tertiary/aromatic N) is 2. The van der Waals surface area contributed by atoms with Gasteiger partial charge >= 0.3 is 0 Å². The topological polar surface area (TPSA) is 99.2 Å². The third kappa shape index (κ3) is 5.73. The van der Waals surface area contributed by atoms with Crippen molar-refractivity contribution >= 4 is 21.6 Å². The number of nitrogens with two attached hydrogens (primary N) is 1. The number of fused-ring (bicyclic) bond motifs is 1. The van der Waals surface area contributed by atoms with E-state index < -0.39 is 10.0 Å². The molecule has 0 saturated carbocycles. The van der Waals surface area contributed by atoms with Crippen LogP contribution >= 0.6 is 11.6 Å². The Balaban J connectivity index is 1.43. The van der Waals surface area contributed by atoms with E-state index >= 15 is 0 Å². The number of rotatable bonds is 8. The number of halogens is 2. The van der Waals surface area contributed by atoms with Gasteiger partial charge in [-0.15, -0.1) is 0 Å². The summed E-state index contributed by atoms with van der Waals surface area (Å²) in [5, 5.41) is 0.327. The van der Waals surface area contributed by atoms with Crippen molar-refractivity contribution in [3.8, 4) is 5.75 Å². The molecule has 0 saturated heterocycles. The zero-order valence-corrected chi connectivity index (χ0v) is 19.7. The van der Waals surface area contributed by atoms with Gasteiger partial charge in [-0.2, -0.15) is 0 Å². The molecule has 0 radical (unpaired) electrons. The van der Waals surface area contributed by atoms with Gasteiger partial charge < -0.3 is 15.0 Å². The van der Waals surface area contributed by atoms with Crippen LogP contribution in [0.4, 0.5) is 4.39 Å². The van der Waals surface area contributed by atoms with E-state index in [4.69, 9.17) is 22.1 Å². The van der Waals surface area contributed by atoms with E-state index in [0.717, 1.165) is 24.0 Å². The predicted molar refractivity (Wildman–Crippen MR) is 124 cm³/mol. The third-order valence-electron chi connectivity index (χ3n) is 5.78. The summed E-state index contributed by atoms with van der Waals surface area (Å²) >= 11 is 6.03. The van der Waals surface area contributed by atoms with Gasteiger partial charge in [0.05, 0.1) is 6.33 Å². The summed E-state index contributed by atoms with van der Waals surface area (Å²) in [7, 11) is -1.98. The molecule has 7 nitrogen and oxygen atoms in total. The summed E-state index contributed by atoms with van der Waals surface area (Å²) in [6, 6.07) is 10.3. The molecular formula is C23H26ClFN4O3S. The smallest absolute Gasteiger partial charge is 0.259 e. The van der Waals surface area contributed by atoms with Crippen LogP contribution in [-0.2, 0) is 29.9 Å². The van der Waals surface area contributed by atoms with E-state index in [1.807, 2.05) is 18.2 Å². The second-order valence-electron chi connectivity index (χ2n) is 8.28. The number of hydrogen-bond acceptors (Lipinski definition) is 5. The van der Waals surface area contributed by atoms with Crippen LogP contribution in [0.3, 0.4) is 0 Å². The highest BCUT2D eigenvalue weighted by molar-refractivity contribution is 7.89. The Morgan fingerprint density at radius 3 is 2.85 bits per heavy atom. The maximum Gasteiger partial charge on any atom is 0.259 e. The molecule has 1 heterocycles. The molecule has 0 spiro atoms. The first-order valence-electron chi connectivity index (χ1n) is 10.6. The predicted octanol–water partition coefficient (Wildman–Crippen LogP) is 3.17. The Hall–Kier alpha value is -2.46. The first kappa shape index (κ1) is 23.7. The number of benzene rings is 2. The molecule has 0 aliphatic heterocycles. The van der Waals surface area contributed by atoms with Gasteiger partial charge in [-0.1, -0.05) is 17.7 Å². The average Bonchev–Trinajstić information content (AvgIpc) is 3.20. The van der Waals surface area contributed by atoms with Crippen molar-refractivity contribution in [2.24, 2.45) is 12.8 Å². The van der Waals surface area contributed by atoms with E-state index in [0.29, 0.717) is 17.2 Å². The number of aryl methyl sites for hydroxylation is 2. The fraction of sp³-hybridized carbons (Fsp3) is 0.348. The Labute approximate surface area is 197 Å². The van der Waals surface area contributed by atoms with E-state index in [-0.39, 0.29) is 36.0 Å². The van der Waals surface area contributed by atoms with E-state index in [2.05, 4.69) is 9.71 Å². The van der Waals surface area contributed by atoms with Gasteiger partial charge in [0.25, 0.3) is 10.0 Å².